The van der Waals surface area contributed by atoms with E-state index < -0.39 is 10.0 Å². The van der Waals surface area contributed by atoms with Gasteiger partial charge in [0.15, 0.2) is 0 Å². The topological polar surface area (TPSA) is 75.7 Å². The molecular formula is C21H28N2O4S. The van der Waals surface area contributed by atoms with Gasteiger partial charge in [-0.3, -0.25) is 4.79 Å². The average molecular weight is 405 g/mol. The molecule has 1 N–H and O–H groups in total. The standard InChI is InChI=1S/C21H28N2O4S/c1-5-6-7-8-16-9-12-18(13-10-16)22-21(24)17-11-14-19(27-4)20(15-17)28(25,26)23(2)3/h9-15H,5-8H2,1-4H3,(H,22,24). The Morgan fingerprint density at radius 1 is 1.07 bits per heavy atom. The number of aryl methyl sites for hydroxylation is 1. The van der Waals surface area contributed by atoms with Crippen LogP contribution >= 0.6 is 0 Å². The number of carbonyl (C=O) groups excluding carboxylic acids is 1. The molecule has 0 heterocycles. The zero-order valence-electron chi connectivity index (χ0n) is 16.9. The molecule has 1 amide bonds. The summed E-state index contributed by atoms with van der Waals surface area (Å²) in [4.78, 5) is 12.6. The number of anilines is 1. The predicted octanol–water partition coefficient (Wildman–Crippen LogP) is 3.93. The van der Waals surface area contributed by atoms with E-state index in [1.54, 1.807) is 6.07 Å². The van der Waals surface area contributed by atoms with Gasteiger partial charge in [0, 0.05) is 25.3 Å². The first-order valence-corrected chi connectivity index (χ1v) is 10.7. The van der Waals surface area contributed by atoms with E-state index in [1.165, 1.54) is 51.7 Å². The molecule has 0 saturated carbocycles. The SMILES string of the molecule is CCCCCc1ccc(NC(=O)c2ccc(OC)c(S(=O)(=O)N(C)C)c2)cc1. The molecular weight excluding hydrogens is 376 g/mol. The van der Waals surface area contributed by atoms with Crippen LogP contribution in [0.1, 0.15) is 42.1 Å². The molecule has 0 saturated heterocycles. The molecule has 2 aromatic rings. The monoisotopic (exact) mass is 404 g/mol. The second-order valence-electron chi connectivity index (χ2n) is 6.76. The fraction of sp³-hybridized carbons (Fsp3) is 0.381. The van der Waals surface area contributed by atoms with Crippen molar-refractivity contribution in [2.24, 2.45) is 0 Å². The van der Waals surface area contributed by atoms with Crippen LogP contribution < -0.4 is 10.1 Å². The molecule has 0 spiro atoms. The number of hydrogen-bond acceptors (Lipinski definition) is 4. The van der Waals surface area contributed by atoms with Crippen molar-refractivity contribution in [1.29, 1.82) is 0 Å². The maximum absolute atomic E-state index is 12.6. The third-order valence-corrected chi connectivity index (χ3v) is 6.30. The molecule has 0 fully saturated rings. The Bertz CT molecular complexity index is 907. The Balaban J connectivity index is 2.18. The van der Waals surface area contributed by atoms with Crippen molar-refractivity contribution in [2.75, 3.05) is 26.5 Å². The van der Waals surface area contributed by atoms with Crippen LogP contribution in [-0.2, 0) is 16.4 Å². The number of sulfonamides is 1. The molecule has 6 nitrogen and oxygen atoms in total. The lowest BCUT2D eigenvalue weighted by atomic mass is 10.1. The van der Waals surface area contributed by atoms with Crippen LogP contribution in [0.25, 0.3) is 0 Å². The fourth-order valence-electron chi connectivity index (χ4n) is 2.75. The van der Waals surface area contributed by atoms with E-state index in [9.17, 15) is 13.2 Å². The first-order valence-electron chi connectivity index (χ1n) is 9.30. The maximum atomic E-state index is 12.6. The number of methoxy groups -OCH3 is 1. The van der Waals surface area contributed by atoms with Crippen LogP contribution in [0.4, 0.5) is 5.69 Å². The predicted molar refractivity (Wildman–Crippen MR) is 111 cm³/mol. The second kappa shape index (κ2) is 9.71. The molecule has 0 radical (unpaired) electrons. The van der Waals surface area contributed by atoms with Crippen molar-refractivity contribution in [3.05, 3.63) is 53.6 Å². The van der Waals surface area contributed by atoms with Gasteiger partial charge in [0.2, 0.25) is 10.0 Å². The molecule has 28 heavy (non-hydrogen) atoms. The Morgan fingerprint density at radius 2 is 1.75 bits per heavy atom. The summed E-state index contributed by atoms with van der Waals surface area (Å²) >= 11 is 0. The average Bonchev–Trinajstić information content (AvgIpc) is 2.68. The lowest BCUT2D eigenvalue weighted by Crippen LogP contribution is -2.23. The van der Waals surface area contributed by atoms with Crippen molar-refractivity contribution >= 4 is 21.6 Å². The summed E-state index contributed by atoms with van der Waals surface area (Å²) in [6, 6.07) is 12.1. The lowest BCUT2D eigenvalue weighted by Gasteiger charge is -2.15. The zero-order valence-corrected chi connectivity index (χ0v) is 17.7. The lowest BCUT2D eigenvalue weighted by molar-refractivity contribution is 0.102. The van der Waals surface area contributed by atoms with Crippen LogP contribution in [0.5, 0.6) is 5.75 Å². The zero-order chi connectivity index (χ0) is 20.7. The molecule has 0 aliphatic carbocycles. The van der Waals surface area contributed by atoms with Gasteiger partial charge in [-0.25, -0.2) is 12.7 Å². The van der Waals surface area contributed by atoms with Gasteiger partial charge in [0.05, 0.1) is 7.11 Å². The Morgan fingerprint density at radius 3 is 2.32 bits per heavy atom. The van der Waals surface area contributed by atoms with Crippen molar-refractivity contribution in [3.63, 3.8) is 0 Å². The number of nitrogens with one attached hydrogen (secondary N) is 1. The van der Waals surface area contributed by atoms with Crippen molar-refractivity contribution < 1.29 is 17.9 Å². The van der Waals surface area contributed by atoms with Gasteiger partial charge in [-0.2, -0.15) is 0 Å². The van der Waals surface area contributed by atoms with E-state index in [0.717, 1.165) is 17.1 Å². The van der Waals surface area contributed by atoms with Crippen molar-refractivity contribution in [3.8, 4) is 5.75 Å². The minimum absolute atomic E-state index is 0.0427. The summed E-state index contributed by atoms with van der Waals surface area (Å²) in [5, 5.41) is 2.81. The van der Waals surface area contributed by atoms with Gasteiger partial charge in [0.25, 0.3) is 5.91 Å². The summed E-state index contributed by atoms with van der Waals surface area (Å²) < 4.78 is 31.2. The van der Waals surface area contributed by atoms with Gasteiger partial charge in [-0.1, -0.05) is 31.9 Å². The summed E-state index contributed by atoms with van der Waals surface area (Å²) in [5.74, 6) is -0.182. The highest BCUT2D eigenvalue weighted by Gasteiger charge is 2.24. The number of ether oxygens (including phenoxy) is 1. The Hall–Kier alpha value is -2.38. The van der Waals surface area contributed by atoms with Crippen LogP contribution in [0.3, 0.4) is 0 Å². The number of nitrogens with zero attached hydrogens (tertiary/aromatic N) is 1. The Kier molecular flexibility index (Phi) is 7.60. The number of carbonyl (C=O) groups is 1. The second-order valence-corrected chi connectivity index (χ2v) is 8.88. The largest absolute Gasteiger partial charge is 0.495 e. The third kappa shape index (κ3) is 5.33. The molecule has 2 rings (SSSR count). The molecule has 0 unspecified atom stereocenters. The molecule has 0 aliphatic heterocycles. The van der Waals surface area contributed by atoms with E-state index in [2.05, 4.69) is 12.2 Å². The van der Waals surface area contributed by atoms with Gasteiger partial charge < -0.3 is 10.1 Å². The van der Waals surface area contributed by atoms with Crippen LogP contribution in [0.15, 0.2) is 47.4 Å². The summed E-state index contributed by atoms with van der Waals surface area (Å²) in [6.45, 7) is 2.17. The molecule has 0 aromatic heterocycles. The van der Waals surface area contributed by atoms with Crippen molar-refractivity contribution in [2.45, 2.75) is 37.5 Å². The Labute approximate surface area is 167 Å². The quantitative estimate of drug-likeness (QED) is 0.643. The van der Waals surface area contributed by atoms with Crippen LogP contribution in [0.2, 0.25) is 0 Å². The highest BCUT2D eigenvalue weighted by Crippen LogP contribution is 2.27. The summed E-state index contributed by atoms with van der Waals surface area (Å²) in [6.07, 6.45) is 4.55. The normalized spacial score (nSPS) is 11.5. The van der Waals surface area contributed by atoms with Crippen molar-refractivity contribution in [1.82, 2.24) is 4.31 Å². The third-order valence-electron chi connectivity index (χ3n) is 4.47. The first-order chi connectivity index (χ1) is 13.3. The van der Waals surface area contributed by atoms with Gasteiger partial charge in [-0.05, 0) is 48.7 Å². The van der Waals surface area contributed by atoms with Crippen LogP contribution in [0, 0.1) is 0 Å². The fourth-order valence-corrected chi connectivity index (χ4v) is 3.83. The van der Waals surface area contributed by atoms with E-state index in [4.69, 9.17) is 4.74 Å². The van der Waals surface area contributed by atoms with E-state index in [1.807, 2.05) is 24.3 Å². The van der Waals surface area contributed by atoms with E-state index in [-0.39, 0.29) is 22.1 Å². The minimum atomic E-state index is -3.74. The molecule has 0 aliphatic rings. The highest BCUT2D eigenvalue weighted by atomic mass is 32.2. The highest BCUT2D eigenvalue weighted by molar-refractivity contribution is 7.89. The van der Waals surface area contributed by atoms with Gasteiger partial charge in [0.1, 0.15) is 10.6 Å². The minimum Gasteiger partial charge on any atom is -0.495 e. The number of unbranched alkanes of at least 4 members (excludes halogenated alkanes) is 2. The molecule has 0 atom stereocenters. The van der Waals surface area contributed by atoms with E-state index >= 15 is 0 Å². The number of amides is 1. The number of rotatable bonds is 9. The maximum Gasteiger partial charge on any atom is 0.255 e. The first kappa shape index (κ1) is 21.9. The van der Waals surface area contributed by atoms with Gasteiger partial charge >= 0.3 is 0 Å². The van der Waals surface area contributed by atoms with Gasteiger partial charge in [-0.15, -0.1) is 0 Å². The number of benzene rings is 2. The number of hydrogen-bond donors (Lipinski definition) is 1. The molecule has 152 valence electrons. The molecule has 0 bridgehead atoms. The summed E-state index contributed by atoms with van der Waals surface area (Å²) in [5.41, 5.74) is 2.14. The van der Waals surface area contributed by atoms with E-state index in [0.29, 0.717) is 5.69 Å². The molecule has 2 aromatic carbocycles. The van der Waals surface area contributed by atoms with Crippen LogP contribution in [-0.4, -0.2) is 39.8 Å². The molecule has 7 heteroatoms. The smallest absolute Gasteiger partial charge is 0.255 e. The summed E-state index contributed by atoms with van der Waals surface area (Å²) in [7, 11) is 0.526.